The second-order valence-corrected chi connectivity index (χ2v) is 8.22. The quantitative estimate of drug-likeness (QED) is 0.652. The van der Waals surface area contributed by atoms with Crippen LogP contribution in [0.15, 0.2) is 30.5 Å². The molecule has 2 aromatic heterocycles. The summed E-state index contributed by atoms with van der Waals surface area (Å²) >= 11 is 0. The summed E-state index contributed by atoms with van der Waals surface area (Å²) in [5.41, 5.74) is 6.09. The Kier molecular flexibility index (Phi) is 4.69. The Morgan fingerprint density at radius 2 is 1.93 bits per heavy atom. The average molecular weight is 377 g/mol. The van der Waals surface area contributed by atoms with Crippen LogP contribution in [0.25, 0.3) is 11.0 Å². The molecular weight excluding hydrogens is 348 g/mol. The molecule has 1 aliphatic heterocycles. The lowest BCUT2D eigenvalue weighted by Crippen LogP contribution is -2.31. The van der Waals surface area contributed by atoms with Gasteiger partial charge in [-0.15, -0.1) is 0 Å². The van der Waals surface area contributed by atoms with Gasteiger partial charge in [0, 0.05) is 18.0 Å². The fourth-order valence-electron chi connectivity index (χ4n) is 4.14. The van der Waals surface area contributed by atoms with Gasteiger partial charge in [0.15, 0.2) is 5.65 Å². The molecule has 3 aromatic rings. The molecule has 3 heterocycles. The number of likely N-dealkylation sites (tertiary alicyclic amines) is 1. The van der Waals surface area contributed by atoms with E-state index < -0.39 is 0 Å². The molecule has 1 saturated heterocycles. The molecule has 0 radical (unpaired) electrons. The number of aromatic nitrogens is 3. The minimum absolute atomic E-state index is 0.0740. The second kappa shape index (κ2) is 7.04. The first-order valence-electron chi connectivity index (χ1n) is 10.1. The number of pyridine rings is 1. The zero-order chi connectivity index (χ0) is 20.0. The van der Waals surface area contributed by atoms with E-state index in [-0.39, 0.29) is 18.0 Å². The lowest BCUT2D eigenvalue weighted by atomic mass is 9.99. The van der Waals surface area contributed by atoms with Crippen LogP contribution in [0.4, 0.5) is 0 Å². The standard InChI is InChI=1S/C23H28N4O/c1-14(2)27-22-19(13-24-27)12-20(17(5)25-22)23(28)26-10-6-7-21(26)18-9-8-15(3)16(4)11-18/h8-9,11-14,21H,6-7,10H2,1-5H3. The van der Waals surface area contributed by atoms with E-state index in [0.717, 1.165) is 36.1 Å². The molecule has 0 saturated carbocycles. The first-order valence-corrected chi connectivity index (χ1v) is 10.1. The maximum atomic E-state index is 13.4. The van der Waals surface area contributed by atoms with E-state index in [2.05, 4.69) is 51.0 Å². The molecule has 0 spiro atoms. The molecular formula is C23H28N4O. The van der Waals surface area contributed by atoms with E-state index in [4.69, 9.17) is 4.98 Å². The van der Waals surface area contributed by atoms with E-state index in [1.54, 1.807) is 0 Å². The van der Waals surface area contributed by atoms with Gasteiger partial charge in [-0.3, -0.25) is 4.79 Å². The van der Waals surface area contributed by atoms with Crippen molar-refractivity contribution in [3.63, 3.8) is 0 Å². The zero-order valence-corrected chi connectivity index (χ0v) is 17.4. The van der Waals surface area contributed by atoms with Crippen molar-refractivity contribution in [2.75, 3.05) is 6.54 Å². The first-order chi connectivity index (χ1) is 13.4. The predicted octanol–water partition coefficient (Wildman–Crippen LogP) is 4.91. The molecule has 1 atom stereocenters. The molecule has 5 nitrogen and oxygen atoms in total. The van der Waals surface area contributed by atoms with Gasteiger partial charge in [0.05, 0.1) is 23.5 Å². The number of hydrogen-bond donors (Lipinski definition) is 0. The van der Waals surface area contributed by atoms with Crippen molar-refractivity contribution < 1.29 is 4.79 Å². The largest absolute Gasteiger partial charge is 0.332 e. The highest BCUT2D eigenvalue weighted by Crippen LogP contribution is 2.34. The summed E-state index contributed by atoms with van der Waals surface area (Å²) in [5.74, 6) is 0.0740. The van der Waals surface area contributed by atoms with E-state index in [9.17, 15) is 4.79 Å². The number of nitrogens with zero attached hydrogens (tertiary/aromatic N) is 4. The lowest BCUT2D eigenvalue weighted by Gasteiger charge is -2.26. The van der Waals surface area contributed by atoms with E-state index in [1.165, 1.54) is 16.7 Å². The highest BCUT2D eigenvalue weighted by Gasteiger charge is 2.32. The third-order valence-corrected chi connectivity index (χ3v) is 5.91. The minimum atomic E-state index is 0.0740. The number of hydrogen-bond acceptors (Lipinski definition) is 3. The van der Waals surface area contributed by atoms with Crippen molar-refractivity contribution in [1.82, 2.24) is 19.7 Å². The Morgan fingerprint density at radius 1 is 1.14 bits per heavy atom. The summed E-state index contributed by atoms with van der Waals surface area (Å²) in [6.07, 6.45) is 3.85. The van der Waals surface area contributed by atoms with Crippen molar-refractivity contribution in [2.24, 2.45) is 0 Å². The van der Waals surface area contributed by atoms with Crippen LogP contribution in [0, 0.1) is 20.8 Å². The van der Waals surface area contributed by atoms with Gasteiger partial charge in [0.2, 0.25) is 0 Å². The van der Waals surface area contributed by atoms with Gasteiger partial charge >= 0.3 is 0 Å². The van der Waals surface area contributed by atoms with Crippen LogP contribution in [-0.2, 0) is 0 Å². The van der Waals surface area contributed by atoms with Crippen LogP contribution < -0.4 is 0 Å². The number of carbonyl (C=O) groups excluding carboxylic acids is 1. The van der Waals surface area contributed by atoms with E-state index >= 15 is 0 Å². The minimum Gasteiger partial charge on any atom is -0.332 e. The Labute approximate surface area is 166 Å². The van der Waals surface area contributed by atoms with Crippen LogP contribution in [0.2, 0.25) is 0 Å². The normalized spacial score (nSPS) is 17.1. The zero-order valence-electron chi connectivity index (χ0n) is 17.4. The molecule has 0 aliphatic carbocycles. The Morgan fingerprint density at radius 3 is 2.64 bits per heavy atom. The molecule has 28 heavy (non-hydrogen) atoms. The highest BCUT2D eigenvalue weighted by atomic mass is 16.2. The topological polar surface area (TPSA) is 51.0 Å². The summed E-state index contributed by atoms with van der Waals surface area (Å²) < 4.78 is 1.91. The predicted molar refractivity (Wildman–Crippen MR) is 112 cm³/mol. The molecule has 1 aromatic carbocycles. The Hall–Kier alpha value is -2.69. The van der Waals surface area contributed by atoms with Crippen molar-refractivity contribution >= 4 is 16.9 Å². The molecule has 0 N–H and O–H groups in total. The number of benzene rings is 1. The van der Waals surface area contributed by atoms with E-state index in [1.807, 2.05) is 28.8 Å². The van der Waals surface area contributed by atoms with Gasteiger partial charge in [-0.2, -0.15) is 5.10 Å². The average Bonchev–Trinajstić information content (AvgIpc) is 3.29. The lowest BCUT2D eigenvalue weighted by molar-refractivity contribution is 0.0734. The smallest absolute Gasteiger partial charge is 0.256 e. The third-order valence-electron chi connectivity index (χ3n) is 5.91. The summed E-state index contributed by atoms with van der Waals surface area (Å²) in [6, 6.07) is 8.89. The van der Waals surface area contributed by atoms with Crippen LogP contribution in [0.3, 0.4) is 0 Å². The van der Waals surface area contributed by atoms with Crippen molar-refractivity contribution in [3.05, 3.63) is 58.4 Å². The summed E-state index contributed by atoms with van der Waals surface area (Å²) in [7, 11) is 0. The fourth-order valence-corrected chi connectivity index (χ4v) is 4.14. The molecule has 0 bridgehead atoms. The molecule has 4 rings (SSSR count). The van der Waals surface area contributed by atoms with Gasteiger partial charge in [-0.05, 0) is 70.2 Å². The highest BCUT2D eigenvalue weighted by molar-refractivity contribution is 5.98. The van der Waals surface area contributed by atoms with Crippen molar-refractivity contribution in [2.45, 2.75) is 59.5 Å². The number of rotatable bonds is 3. The van der Waals surface area contributed by atoms with Gasteiger partial charge in [0.1, 0.15) is 0 Å². The van der Waals surface area contributed by atoms with Crippen LogP contribution in [-0.4, -0.2) is 32.1 Å². The van der Waals surface area contributed by atoms with Crippen molar-refractivity contribution in [1.29, 1.82) is 0 Å². The Bertz CT molecular complexity index is 1050. The summed E-state index contributed by atoms with van der Waals surface area (Å²) in [6.45, 7) is 11.1. The van der Waals surface area contributed by atoms with E-state index in [0.29, 0.717) is 5.56 Å². The SMILES string of the molecule is Cc1ccc(C2CCCN2C(=O)c2cc3cnn(C(C)C)c3nc2C)cc1C. The fraction of sp³-hybridized carbons (Fsp3) is 0.435. The summed E-state index contributed by atoms with van der Waals surface area (Å²) in [5, 5.41) is 5.36. The first kappa shape index (κ1) is 18.7. The molecule has 1 amide bonds. The third kappa shape index (κ3) is 3.09. The van der Waals surface area contributed by atoms with Crippen LogP contribution in [0.1, 0.15) is 71.5 Å². The second-order valence-electron chi connectivity index (χ2n) is 8.22. The van der Waals surface area contributed by atoms with Crippen LogP contribution >= 0.6 is 0 Å². The maximum Gasteiger partial charge on any atom is 0.256 e. The number of aryl methyl sites for hydroxylation is 3. The molecule has 146 valence electrons. The number of carbonyl (C=O) groups is 1. The molecule has 1 unspecified atom stereocenters. The number of amides is 1. The van der Waals surface area contributed by atoms with Gasteiger partial charge in [-0.1, -0.05) is 18.2 Å². The van der Waals surface area contributed by atoms with Gasteiger partial charge in [-0.25, -0.2) is 9.67 Å². The molecule has 1 fully saturated rings. The number of fused-ring (bicyclic) bond motifs is 1. The maximum absolute atomic E-state index is 13.4. The van der Waals surface area contributed by atoms with Gasteiger partial charge in [0.25, 0.3) is 5.91 Å². The van der Waals surface area contributed by atoms with Crippen LogP contribution in [0.5, 0.6) is 0 Å². The van der Waals surface area contributed by atoms with Crippen molar-refractivity contribution in [3.8, 4) is 0 Å². The molecule has 5 heteroatoms. The monoisotopic (exact) mass is 376 g/mol. The molecule has 1 aliphatic rings. The Balaban J connectivity index is 1.70. The van der Waals surface area contributed by atoms with Gasteiger partial charge < -0.3 is 4.90 Å². The summed E-state index contributed by atoms with van der Waals surface area (Å²) in [4.78, 5) is 20.2.